The van der Waals surface area contributed by atoms with Crippen LogP contribution in [0.2, 0.25) is 0 Å². The van der Waals surface area contributed by atoms with Gasteiger partial charge in [-0.3, -0.25) is 4.79 Å². The van der Waals surface area contributed by atoms with Gasteiger partial charge in [-0.05, 0) is 31.9 Å². The average Bonchev–Trinajstić information content (AvgIpc) is 2.97. The van der Waals surface area contributed by atoms with Crippen LogP contribution in [0.4, 0.5) is 0 Å². The summed E-state index contributed by atoms with van der Waals surface area (Å²) >= 11 is 4.98. The number of nitrogens with two attached hydrogens (primary N) is 1. The molecule has 1 aromatic heterocycles. The molecule has 0 aliphatic carbocycles. The van der Waals surface area contributed by atoms with Crippen molar-refractivity contribution in [2.24, 2.45) is 5.73 Å². The summed E-state index contributed by atoms with van der Waals surface area (Å²) in [5.41, 5.74) is 6.39. The zero-order valence-electron chi connectivity index (χ0n) is 9.93. The number of rotatable bonds is 3. The molecular formula is C12H17N3OS. The monoisotopic (exact) mass is 251 g/mol. The summed E-state index contributed by atoms with van der Waals surface area (Å²) in [5, 5.41) is 0. The van der Waals surface area contributed by atoms with E-state index in [2.05, 4.69) is 0 Å². The van der Waals surface area contributed by atoms with Crippen LogP contribution in [0.15, 0.2) is 18.3 Å². The number of thiocarbonyl (C=S) groups is 1. The number of hydrogen-bond donors (Lipinski definition) is 1. The topological polar surface area (TPSA) is 51.3 Å². The second kappa shape index (κ2) is 4.87. The minimum atomic E-state index is -0.236. The molecule has 2 heterocycles. The first-order valence-corrected chi connectivity index (χ1v) is 6.27. The van der Waals surface area contributed by atoms with Gasteiger partial charge in [0.2, 0.25) is 5.91 Å². The highest BCUT2D eigenvalue weighted by Gasteiger charge is 2.25. The number of amides is 1. The van der Waals surface area contributed by atoms with Gasteiger partial charge in [0.05, 0.1) is 5.69 Å². The maximum Gasteiger partial charge on any atom is 0.245 e. The third kappa shape index (κ3) is 2.34. The smallest absolute Gasteiger partial charge is 0.245 e. The molecule has 1 aliphatic rings. The molecule has 0 radical (unpaired) electrons. The maximum absolute atomic E-state index is 12.2. The first kappa shape index (κ1) is 12.1. The normalized spacial score (nSPS) is 17.1. The highest BCUT2D eigenvalue weighted by Crippen LogP contribution is 2.18. The lowest BCUT2D eigenvalue weighted by Crippen LogP contribution is -2.35. The minimum absolute atomic E-state index is 0.149. The number of hydrogen-bond acceptors (Lipinski definition) is 2. The van der Waals surface area contributed by atoms with Gasteiger partial charge in [0.15, 0.2) is 0 Å². The summed E-state index contributed by atoms with van der Waals surface area (Å²) in [6, 6.07) is 3.47. The van der Waals surface area contributed by atoms with Crippen molar-refractivity contribution in [2.75, 3.05) is 13.1 Å². The molecule has 0 bridgehead atoms. The van der Waals surface area contributed by atoms with Gasteiger partial charge < -0.3 is 15.2 Å². The summed E-state index contributed by atoms with van der Waals surface area (Å²) in [4.78, 5) is 14.5. The van der Waals surface area contributed by atoms with Gasteiger partial charge in [-0.25, -0.2) is 0 Å². The molecule has 1 aromatic rings. The van der Waals surface area contributed by atoms with E-state index in [1.807, 2.05) is 34.7 Å². The lowest BCUT2D eigenvalue weighted by atomic mass is 10.2. The summed E-state index contributed by atoms with van der Waals surface area (Å²) < 4.78 is 1.85. The van der Waals surface area contributed by atoms with Gasteiger partial charge in [-0.15, -0.1) is 0 Å². The van der Waals surface area contributed by atoms with Crippen LogP contribution in [0.3, 0.4) is 0 Å². The van der Waals surface area contributed by atoms with Crippen molar-refractivity contribution < 1.29 is 4.79 Å². The van der Waals surface area contributed by atoms with Crippen LogP contribution in [-0.2, 0) is 4.79 Å². The zero-order valence-corrected chi connectivity index (χ0v) is 10.7. The molecule has 4 nitrogen and oxygen atoms in total. The Hall–Kier alpha value is -1.36. The quantitative estimate of drug-likeness (QED) is 0.824. The Kier molecular flexibility index (Phi) is 3.47. The zero-order chi connectivity index (χ0) is 12.4. The standard InChI is InChI=1S/C12H17N3OS/c1-9(12(16)14-6-2-3-7-14)15-8-4-5-10(15)11(13)17/h4-5,8-9H,2-3,6-7H2,1H3,(H2,13,17). The van der Waals surface area contributed by atoms with Crippen LogP contribution in [0.5, 0.6) is 0 Å². The second-order valence-electron chi connectivity index (χ2n) is 4.37. The fourth-order valence-electron chi connectivity index (χ4n) is 2.26. The summed E-state index contributed by atoms with van der Waals surface area (Å²) in [7, 11) is 0. The van der Waals surface area contributed by atoms with E-state index in [1.165, 1.54) is 0 Å². The van der Waals surface area contributed by atoms with Crippen LogP contribution in [0.25, 0.3) is 0 Å². The van der Waals surface area contributed by atoms with E-state index in [-0.39, 0.29) is 11.9 Å². The van der Waals surface area contributed by atoms with Gasteiger partial charge >= 0.3 is 0 Å². The molecule has 92 valence electrons. The van der Waals surface area contributed by atoms with Crippen molar-refractivity contribution in [1.29, 1.82) is 0 Å². The van der Waals surface area contributed by atoms with Gasteiger partial charge in [0, 0.05) is 19.3 Å². The molecule has 1 fully saturated rings. The highest BCUT2D eigenvalue weighted by molar-refractivity contribution is 7.80. The Morgan fingerprint density at radius 2 is 2.12 bits per heavy atom. The number of likely N-dealkylation sites (tertiary alicyclic amines) is 1. The minimum Gasteiger partial charge on any atom is -0.388 e. The Balaban J connectivity index is 2.18. The first-order chi connectivity index (χ1) is 8.11. The van der Waals surface area contributed by atoms with Crippen LogP contribution in [0, 0.1) is 0 Å². The number of carbonyl (C=O) groups is 1. The second-order valence-corrected chi connectivity index (χ2v) is 4.81. The van der Waals surface area contributed by atoms with E-state index >= 15 is 0 Å². The molecule has 2 rings (SSSR count). The summed E-state index contributed by atoms with van der Waals surface area (Å²) in [6.07, 6.45) is 4.06. The fraction of sp³-hybridized carbons (Fsp3) is 0.500. The number of aromatic nitrogens is 1. The predicted molar refractivity (Wildman–Crippen MR) is 70.8 cm³/mol. The predicted octanol–water partition coefficient (Wildman–Crippen LogP) is 1.31. The molecule has 2 N–H and O–H groups in total. The molecule has 0 spiro atoms. The Labute approximate surface area is 106 Å². The molecule has 1 saturated heterocycles. The molecule has 17 heavy (non-hydrogen) atoms. The van der Waals surface area contributed by atoms with Crippen LogP contribution >= 0.6 is 12.2 Å². The van der Waals surface area contributed by atoms with Crippen LogP contribution in [-0.4, -0.2) is 33.5 Å². The fourth-order valence-corrected chi connectivity index (χ4v) is 2.43. The summed E-state index contributed by atoms with van der Waals surface area (Å²) in [5.74, 6) is 0.149. The van der Waals surface area contributed by atoms with Gasteiger partial charge in [0.25, 0.3) is 0 Å². The largest absolute Gasteiger partial charge is 0.388 e. The maximum atomic E-state index is 12.2. The molecule has 0 aromatic carbocycles. The highest BCUT2D eigenvalue weighted by atomic mass is 32.1. The summed E-state index contributed by atoms with van der Waals surface area (Å²) in [6.45, 7) is 3.63. The number of carbonyl (C=O) groups excluding carboxylic acids is 1. The van der Waals surface area contributed by atoms with Crippen molar-refractivity contribution in [3.63, 3.8) is 0 Å². The van der Waals surface area contributed by atoms with Crippen molar-refractivity contribution in [2.45, 2.75) is 25.8 Å². The molecule has 5 heteroatoms. The Morgan fingerprint density at radius 3 is 2.71 bits per heavy atom. The van der Waals surface area contributed by atoms with Crippen LogP contribution < -0.4 is 5.73 Å². The van der Waals surface area contributed by atoms with E-state index in [1.54, 1.807) is 0 Å². The van der Waals surface area contributed by atoms with E-state index in [4.69, 9.17) is 18.0 Å². The molecule has 1 amide bonds. The molecule has 1 atom stereocenters. The lowest BCUT2D eigenvalue weighted by Gasteiger charge is -2.22. The van der Waals surface area contributed by atoms with Crippen molar-refractivity contribution >= 4 is 23.1 Å². The number of nitrogens with zero attached hydrogens (tertiary/aromatic N) is 2. The molecule has 0 saturated carbocycles. The van der Waals surface area contributed by atoms with Crippen molar-refractivity contribution in [3.05, 3.63) is 24.0 Å². The van der Waals surface area contributed by atoms with E-state index in [9.17, 15) is 4.79 Å². The van der Waals surface area contributed by atoms with Crippen molar-refractivity contribution in [1.82, 2.24) is 9.47 Å². The third-order valence-electron chi connectivity index (χ3n) is 3.22. The molecule has 1 aliphatic heterocycles. The van der Waals surface area contributed by atoms with Gasteiger partial charge in [-0.1, -0.05) is 12.2 Å². The molecule has 1 unspecified atom stereocenters. The van der Waals surface area contributed by atoms with E-state index in [0.29, 0.717) is 4.99 Å². The van der Waals surface area contributed by atoms with Gasteiger partial charge in [0.1, 0.15) is 11.0 Å². The third-order valence-corrected chi connectivity index (χ3v) is 3.43. The van der Waals surface area contributed by atoms with E-state index in [0.717, 1.165) is 31.6 Å². The lowest BCUT2D eigenvalue weighted by molar-refractivity contribution is -0.133. The average molecular weight is 251 g/mol. The first-order valence-electron chi connectivity index (χ1n) is 5.86. The molecular weight excluding hydrogens is 234 g/mol. The SMILES string of the molecule is CC(C(=O)N1CCCC1)n1cccc1C(N)=S. The van der Waals surface area contributed by atoms with Crippen LogP contribution in [0.1, 0.15) is 31.5 Å². The Bertz CT molecular complexity index is 435. The van der Waals surface area contributed by atoms with Crippen molar-refractivity contribution in [3.8, 4) is 0 Å². The van der Waals surface area contributed by atoms with Gasteiger partial charge in [-0.2, -0.15) is 0 Å². The van der Waals surface area contributed by atoms with E-state index < -0.39 is 0 Å². The Morgan fingerprint density at radius 1 is 1.47 bits per heavy atom.